The van der Waals surface area contributed by atoms with Gasteiger partial charge in [0, 0.05) is 6.04 Å². The average Bonchev–Trinajstić information content (AvgIpc) is 2.52. The van der Waals surface area contributed by atoms with Gasteiger partial charge in [-0.3, -0.25) is 4.79 Å². The van der Waals surface area contributed by atoms with Gasteiger partial charge >= 0.3 is 0 Å². The zero-order valence-corrected chi connectivity index (χ0v) is 14.1. The number of benzene rings is 2. The molecule has 0 aromatic heterocycles. The van der Waals surface area contributed by atoms with Crippen molar-refractivity contribution in [2.45, 2.75) is 26.8 Å². The number of aryl methyl sites for hydroxylation is 1. The Labute approximate surface area is 141 Å². The molecule has 2 aromatic rings. The maximum absolute atomic E-state index is 13.8. The van der Waals surface area contributed by atoms with Crippen molar-refractivity contribution in [2.24, 2.45) is 5.92 Å². The maximum Gasteiger partial charge on any atom is 0.238 e. The summed E-state index contributed by atoms with van der Waals surface area (Å²) in [4.78, 5) is 12.1. The van der Waals surface area contributed by atoms with Gasteiger partial charge in [0.15, 0.2) is 0 Å². The fourth-order valence-electron chi connectivity index (χ4n) is 2.53. The highest BCUT2D eigenvalue weighted by Crippen LogP contribution is 2.22. The minimum absolute atomic E-state index is 0.0353. The molecule has 1 amide bonds. The fraction of sp³-hybridized carbons (Fsp3) is 0.316. The number of nitrogens with one attached hydrogen (secondary N) is 2. The van der Waals surface area contributed by atoms with Gasteiger partial charge in [-0.25, -0.2) is 8.78 Å². The molecule has 3 nitrogen and oxygen atoms in total. The van der Waals surface area contributed by atoms with Gasteiger partial charge in [-0.2, -0.15) is 0 Å². The minimum atomic E-state index is -0.456. The molecule has 0 aliphatic heterocycles. The van der Waals surface area contributed by atoms with E-state index in [2.05, 4.69) is 10.6 Å². The Hall–Kier alpha value is -2.27. The number of hydrogen-bond donors (Lipinski definition) is 2. The molecule has 128 valence electrons. The van der Waals surface area contributed by atoms with Crippen molar-refractivity contribution in [3.05, 3.63) is 65.2 Å². The Kier molecular flexibility index (Phi) is 6.04. The molecule has 0 unspecified atom stereocenters. The normalized spacial score (nSPS) is 12.2. The van der Waals surface area contributed by atoms with Crippen molar-refractivity contribution in [3.8, 4) is 0 Å². The molecule has 0 radical (unpaired) electrons. The molecule has 0 bridgehead atoms. The third-order valence-corrected chi connectivity index (χ3v) is 3.78. The Morgan fingerprint density at radius 2 is 1.75 bits per heavy atom. The molecule has 24 heavy (non-hydrogen) atoms. The molecular formula is C19H22F2N2O. The smallest absolute Gasteiger partial charge is 0.238 e. The third kappa shape index (κ3) is 4.86. The molecule has 0 spiro atoms. The average molecular weight is 332 g/mol. The van der Waals surface area contributed by atoms with Gasteiger partial charge in [0.2, 0.25) is 5.91 Å². The van der Waals surface area contributed by atoms with Crippen LogP contribution < -0.4 is 10.6 Å². The fourth-order valence-corrected chi connectivity index (χ4v) is 2.53. The number of halogens is 2. The summed E-state index contributed by atoms with van der Waals surface area (Å²) in [5, 5.41) is 5.70. The topological polar surface area (TPSA) is 41.1 Å². The molecule has 0 saturated carbocycles. The number of hydrogen-bond acceptors (Lipinski definition) is 2. The van der Waals surface area contributed by atoms with Crippen molar-refractivity contribution in [3.63, 3.8) is 0 Å². The molecule has 0 heterocycles. The first-order valence-corrected chi connectivity index (χ1v) is 7.91. The van der Waals surface area contributed by atoms with Crippen molar-refractivity contribution in [2.75, 3.05) is 11.9 Å². The number of carbonyl (C=O) groups is 1. The maximum atomic E-state index is 13.8. The number of anilines is 1. The van der Waals surface area contributed by atoms with Gasteiger partial charge in [-0.05, 0) is 48.2 Å². The summed E-state index contributed by atoms with van der Waals surface area (Å²) in [6, 6.07) is 10.7. The zero-order chi connectivity index (χ0) is 17.7. The number of amides is 1. The van der Waals surface area contributed by atoms with Crippen LogP contribution in [0.15, 0.2) is 42.5 Å². The Balaban J connectivity index is 1.98. The van der Waals surface area contributed by atoms with E-state index in [-0.39, 0.29) is 35.9 Å². The van der Waals surface area contributed by atoms with Crippen LogP contribution in [0.25, 0.3) is 0 Å². The molecule has 1 atom stereocenters. The summed E-state index contributed by atoms with van der Waals surface area (Å²) in [6.07, 6.45) is 0. The monoisotopic (exact) mass is 332 g/mol. The highest BCUT2D eigenvalue weighted by Gasteiger charge is 2.17. The largest absolute Gasteiger partial charge is 0.322 e. The lowest BCUT2D eigenvalue weighted by Gasteiger charge is -2.23. The first-order valence-electron chi connectivity index (χ1n) is 7.91. The van der Waals surface area contributed by atoms with E-state index in [1.54, 1.807) is 31.2 Å². The second kappa shape index (κ2) is 8.02. The quantitative estimate of drug-likeness (QED) is 0.832. The zero-order valence-electron chi connectivity index (χ0n) is 14.1. The molecule has 2 rings (SSSR count). The molecule has 5 heteroatoms. The summed E-state index contributed by atoms with van der Waals surface area (Å²) < 4.78 is 26.8. The first-order chi connectivity index (χ1) is 11.4. The van der Waals surface area contributed by atoms with E-state index in [1.165, 1.54) is 18.2 Å². The van der Waals surface area contributed by atoms with Crippen molar-refractivity contribution in [1.82, 2.24) is 5.32 Å². The van der Waals surface area contributed by atoms with Crippen LogP contribution in [0.2, 0.25) is 0 Å². The van der Waals surface area contributed by atoms with E-state index >= 15 is 0 Å². The van der Waals surface area contributed by atoms with Crippen LogP contribution in [-0.4, -0.2) is 12.5 Å². The van der Waals surface area contributed by atoms with Gasteiger partial charge in [0.1, 0.15) is 11.6 Å². The van der Waals surface area contributed by atoms with Crippen LogP contribution in [-0.2, 0) is 4.79 Å². The summed E-state index contributed by atoms with van der Waals surface area (Å²) in [5.74, 6) is -0.874. The molecule has 2 aromatic carbocycles. The lowest BCUT2D eigenvalue weighted by atomic mass is 9.96. The SMILES string of the molecule is Cc1ccc(NC(=O)CN[C@@H](c2ccc(F)cc2)C(C)C)c(F)c1. The van der Waals surface area contributed by atoms with Crippen LogP contribution >= 0.6 is 0 Å². The van der Waals surface area contributed by atoms with E-state index in [1.807, 2.05) is 13.8 Å². The van der Waals surface area contributed by atoms with Gasteiger partial charge in [-0.1, -0.05) is 32.0 Å². The van der Waals surface area contributed by atoms with E-state index in [0.29, 0.717) is 0 Å². The second-order valence-electron chi connectivity index (χ2n) is 6.19. The van der Waals surface area contributed by atoms with Crippen LogP contribution in [0.1, 0.15) is 31.0 Å². The molecular weight excluding hydrogens is 310 g/mol. The Morgan fingerprint density at radius 1 is 1.08 bits per heavy atom. The van der Waals surface area contributed by atoms with Crippen LogP contribution in [0.3, 0.4) is 0 Å². The summed E-state index contributed by atoms with van der Waals surface area (Å²) in [6.45, 7) is 5.84. The van der Waals surface area contributed by atoms with Crippen LogP contribution in [0.4, 0.5) is 14.5 Å². The summed E-state index contributed by atoms with van der Waals surface area (Å²) in [7, 11) is 0. The standard InChI is InChI=1S/C19H22F2N2O/c1-12(2)19(14-5-7-15(20)8-6-14)22-11-18(24)23-17-9-4-13(3)10-16(17)21/h4-10,12,19,22H,11H2,1-3H3,(H,23,24)/t19-/m1/s1. The number of carbonyl (C=O) groups excluding carboxylic acids is 1. The van der Waals surface area contributed by atoms with Crippen LogP contribution in [0, 0.1) is 24.5 Å². The molecule has 0 fully saturated rings. The minimum Gasteiger partial charge on any atom is -0.322 e. The van der Waals surface area contributed by atoms with Gasteiger partial charge < -0.3 is 10.6 Å². The predicted octanol–water partition coefficient (Wildman–Crippen LogP) is 4.20. The third-order valence-electron chi connectivity index (χ3n) is 3.78. The molecule has 0 saturated heterocycles. The lowest BCUT2D eigenvalue weighted by molar-refractivity contribution is -0.115. The van der Waals surface area contributed by atoms with Gasteiger partial charge in [-0.15, -0.1) is 0 Å². The highest BCUT2D eigenvalue weighted by molar-refractivity contribution is 5.92. The molecule has 0 aliphatic carbocycles. The highest BCUT2D eigenvalue weighted by atomic mass is 19.1. The first kappa shape index (κ1) is 18.1. The van der Waals surface area contributed by atoms with Crippen molar-refractivity contribution < 1.29 is 13.6 Å². The lowest BCUT2D eigenvalue weighted by Crippen LogP contribution is -2.33. The van der Waals surface area contributed by atoms with Crippen molar-refractivity contribution in [1.29, 1.82) is 0 Å². The summed E-state index contributed by atoms with van der Waals surface area (Å²) in [5.41, 5.74) is 1.86. The Bertz CT molecular complexity index is 699. The van der Waals surface area contributed by atoms with E-state index in [9.17, 15) is 13.6 Å². The van der Waals surface area contributed by atoms with E-state index in [0.717, 1.165) is 11.1 Å². The number of rotatable bonds is 6. The van der Waals surface area contributed by atoms with Gasteiger partial charge in [0.05, 0.1) is 12.2 Å². The van der Waals surface area contributed by atoms with Crippen LogP contribution in [0.5, 0.6) is 0 Å². The van der Waals surface area contributed by atoms with E-state index in [4.69, 9.17) is 0 Å². The molecule has 0 aliphatic rings. The second-order valence-corrected chi connectivity index (χ2v) is 6.19. The van der Waals surface area contributed by atoms with E-state index < -0.39 is 5.82 Å². The Morgan fingerprint density at radius 3 is 2.33 bits per heavy atom. The predicted molar refractivity (Wildman–Crippen MR) is 91.7 cm³/mol. The van der Waals surface area contributed by atoms with Gasteiger partial charge in [0.25, 0.3) is 0 Å². The summed E-state index contributed by atoms with van der Waals surface area (Å²) >= 11 is 0. The van der Waals surface area contributed by atoms with Crippen molar-refractivity contribution >= 4 is 11.6 Å². The molecule has 2 N–H and O–H groups in total.